The molecule has 0 unspecified atom stereocenters. The summed E-state index contributed by atoms with van der Waals surface area (Å²) in [5.74, 6) is 1.02. The summed E-state index contributed by atoms with van der Waals surface area (Å²) in [5.41, 5.74) is 4.27. The van der Waals surface area contributed by atoms with Gasteiger partial charge in [-0.2, -0.15) is 0 Å². The fourth-order valence-electron chi connectivity index (χ4n) is 3.67. The average Bonchev–Trinajstić information content (AvgIpc) is 2.64. The summed E-state index contributed by atoms with van der Waals surface area (Å²) in [6.45, 7) is 4.59. The molecule has 0 bridgehead atoms. The van der Waals surface area contributed by atoms with Gasteiger partial charge in [-0.1, -0.05) is 41.9 Å². The van der Waals surface area contributed by atoms with Crippen molar-refractivity contribution in [3.63, 3.8) is 0 Å². The first-order valence-corrected chi connectivity index (χ1v) is 9.20. The van der Waals surface area contributed by atoms with Crippen LogP contribution >= 0.6 is 11.6 Å². The maximum absolute atomic E-state index is 6.45. The third-order valence-corrected chi connectivity index (χ3v) is 5.68. The molecule has 130 valence electrons. The van der Waals surface area contributed by atoms with Crippen molar-refractivity contribution in [3.8, 4) is 0 Å². The van der Waals surface area contributed by atoms with Crippen LogP contribution in [0.2, 0.25) is 5.02 Å². The summed E-state index contributed by atoms with van der Waals surface area (Å²) in [7, 11) is 0. The Morgan fingerprint density at radius 3 is 2.60 bits per heavy atom. The molecule has 5 heteroatoms. The monoisotopic (exact) mass is 354 g/mol. The van der Waals surface area contributed by atoms with Crippen molar-refractivity contribution in [2.45, 2.75) is 31.8 Å². The molecule has 1 spiro atoms. The Kier molecular flexibility index (Phi) is 4.40. The first-order chi connectivity index (χ1) is 12.2. The first kappa shape index (κ1) is 16.4. The highest BCUT2D eigenvalue weighted by Gasteiger charge is 2.40. The smallest absolute Gasteiger partial charge is 0.127 e. The van der Waals surface area contributed by atoms with Crippen LogP contribution in [0, 0.1) is 6.92 Å². The molecular weight excluding hydrogens is 332 g/mol. The number of anilines is 2. The standard InChI is InChI=1S/C20H23ClN4/c1-14-5-4-6-15(18(14)21)13-23-19-20(9-11-22-12-10-20)25-17-8-3-2-7-16(17)24-19/h2-8,22,25H,9-13H2,1H3,(H,23,24). The summed E-state index contributed by atoms with van der Waals surface area (Å²) in [6, 6.07) is 14.5. The van der Waals surface area contributed by atoms with Gasteiger partial charge in [-0.25, -0.2) is 0 Å². The molecule has 0 aromatic heterocycles. The largest absolute Gasteiger partial charge is 0.371 e. The van der Waals surface area contributed by atoms with E-state index in [1.165, 1.54) is 0 Å². The van der Waals surface area contributed by atoms with Crippen molar-refractivity contribution in [2.75, 3.05) is 23.7 Å². The number of piperidine rings is 1. The number of aliphatic imine (C=N–C) groups is 1. The van der Waals surface area contributed by atoms with Gasteiger partial charge < -0.3 is 16.0 Å². The number of halogens is 1. The van der Waals surface area contributed by atoms with Gasteiger partial charge in [0.1, 0.15) is 5.84 Å². The van der Waals surface area contributed by atoms with E-state index in [1.807, 2.05) is 25.1 Å². The summed E-state index contributed by atoms with van der Waals surface area (Å²) < 4.78 is 0. The number of rotatable bonds is 2. The molecule has 0 amide bonds. The lowest BCUT2D eigenvalue weighted by molar-refractivity contribution is 0.419. The lowest BCUT2D eigenvalue weighted by Gasteiger charge is -2.44. The van der Waals surface area contributed by atoms with Crippen LogP contribution < -0.4 is 16.0 Å². The van der Waals surface area contributed by atoms with Gasteiger partial charge in [0.05, 0.1) is 23.5 Å². The highest BCUT2D eigenvalue weighted by atomic mass is 35.5. The molecule has 0 saturated carbocycles. The van der Waals surface area contributed by atoms with Gasteiger partial charge in [0.25, 0.3) is 0 Å². The number of fused-ring (bicyclic) bond motifs is 1. The lowest BCUT2D eigenvalue weighted by Crippen LogP contribution is -2.57. The number of aryl methyl sites for hydroxylation is 1. The molecule has 4 nitrogen and oxygen atoms in total. The number of nitrogens with one attached hydrogen (secondary N) is 3. The zero-order chi connectivity index (χ0) is 17.3. The van der Waals surface area contributed by atoms with Crippen molar-refractivity contribution < 1.29 is 0 Å². The van der Waals surface area contributed by atoms with E-state index in [0.29, 0.717) is 6.54 Å². The van der Waals surface area contributed by atoms with E-state index in [1.54, 1.807) is 0 Å². The quantitative estimate of drug-likeness (QED) is 0.757. The van der Waals surface area contributed by atoms with Gasteiger partial charge >= 0.3 is 0 Å². The minimum Gasteiger partial charge on any atom is -0.371 e. The van der Waals surface area contributed by atoms with Crippen molar-refractivity contribution in [1.29, 1.82) is 0 Å². The van der Waals surface area contributed by atoms with Crippen LogP contribution in [0.4, 0.5) is 11.4 Å². The van der Waals surface area contributed by atoms with Crippen LogP contribution in [0.3, 0.4) is 0 Å². The fraction of sp³-hybridized carbons (Fsp3) is 0.350. The molecular formula is C20H23ClN4. The van der Waals surface area contributed by atoms with Crippen LogP contribution in [0.1, 0.15) is 24.0 Å². The van der Waals surface area contributed by atoms with Gasteiger partial charge in [-0.3, -0.25) is 4.99 Å². The minimum absolute atomic E-state index is 0.129. The first-order valence-electron chi connectivity index (χ1n) is 8.82. The lowest BCUT2D eigenvalue weighted by atomic mass is 9.84. The van der Waals surface area contributed by atoms with Gasteiger partial charge in [-0.05, 0) is 56.1 Å². The van der Waals surface area contributed by atoms with Crippen molar-refractivity contribution in [3.05, 3.63) is 58.6 Å². The minimum atomic E-state index is -0.129. The van der Waals surface area contributed by atoms with Gasteiger partial charge in [0.2, 0.25) is 0 Å². The topological polar surface area (TPSA) is 48.5 Å². The number of hydrogen-bond donors (Lipinski definition) is 3. The van der Waals surface area contributed by atoms with Crippen LogP contribution in [-0.2, 0) is 6.54 Å². The highest BCUT2D eigenvalue weighted by molar-refractivity contribution is 6.32. The third-order valence-electron chi connectivity index (χ3n) is 5.14. The van der Waals surface area contributed by atoms with Crippen LogP contribution in [0.15, 0.2) is 47.5 Å². The molecule has 25 heavy (non-hydrogen) atoms. The molecule has 2 aromatic rings. The second-order valence-corrected chi connectivity index (χ2v) is 7.22. The highest BCUT2D eigenvalue weighted by Crippen LogP contribution is 2.36. The summed E-state index contributed by atoms with van der Waals surface area (Å²) in [6.07, 6.45) is 2.02. The van der Waals surface area contributed by atoms with Gasteiger partial charge in [0, 0.05) is 5.02 Å². The van der Waals surface area contributed by atoms with Crippen molar-refractivity contribution in [2.24, 2.45) is 4.99 Å². The molecule has 1 saturated heterocycles. The van der Waals surface area contributed by atoms with E-state index in [9.17, 15) is 0 Å². The Labute approximate surface area is 153 Å². The molecule has 0 aliphatic carbocycles. The van der Waals surface area contributed by atoms with Crippen LogP contribution in [0.5, 0.6) is 0 Å². The molecule has 2 heterocycles. The molecule has 2 aliphatic rings. The molecule has 0 atom stereocenters. The van der Waals surface area contributed by atoms with E-state index in [4.69, 9.17) is 16.6 Å². The predicted molar refractivity (Wildman–Crippen MR) is 106 cm³/mol. The molecule has 1 fully saturated rings. The Bertz CT molecular complexity index is 809. The summed E-state index contributed by atoms with van der Waals surface area (Å²) in [4.78, 5) is 4.96. The Morgan fingerprint density at radius 1 is 1.04 bits per heavy atom. The second kappa shape index (κ2) is 6.70. The predicted octanol–water partition coefficient (Wildman–Crippen LogP) is 4.21. The molecule has 2 aromatic carbocycles. The van der Waals surface area contributed by atoms with Crippen LogP contribution in [0.25, 0.3) is 0 Å². The summed E-state index contributed by atoms with van der Waals surface area (Å²) in [5, 5.41) is 11.6. The number of amidine groups is 1. The zero-order valence-electron chi connectivity index (χ0n) is 14.4. The molecule has 3 N–H and O–H groups in total. The summed E-state index contributed by atoms with van der Waals surface area (Å²) >= 11 is 6.45. The average molecular weight is 355 g/mol. The third kappa shape index (κ3) is 3.12. The zero-order valence-corrected chi connectivity index (χ0v) is 15.2. The Hall–Kier alpha value is -2.04. The van der Waals surface area contributed by atoms with E-state index in [-0.39, 0.29) is 5.54 Å². The van der Waals surface area contributed by atoms with E-state index >= 15 is 0 Å². The maximum atomic E-state index is 6.45. The molecule has 0 radical (unpaired) electrons. The van der Waals surface area contributed by atoms with Crippen molar-refractivity contribution >= 4 is 28.8 Å². The van der Waals surface area contributed by atoms with Crippen molar-refractivity contribution in [1.82, 2.24) is 5.32 Å². The maximum Gasteiger partial charge on any atom is 0.127 e. The second-order valence-electron chi connectivity index (χ2n) is 6.84. The normalized spacial score (nSPS) is 20.0. The Morgan fingerprint density at radius 2 is 1.80 bits per heavy atom. The number of para-hydroxylation sites is 2. The van der Waals surface area contributed by atoms with Crippen LogP contribution in [-0.4, -0.2) is 24.5 Å². The SMILES string of the molecule is Cc1cccc(CN=C2Nc3ccccc3NC23CCNCC3)c1Cl. The van der Waals surface area contributed by atoms with E-state index in [2.05, 4.69) is 40.2 Å². The number of nitrogens with zero attached hydrogens (tertiary/aromatic N) is 1. The molecule has 4 rings (SSSR count). The van der Waals surface area contributed by atoms with Gasteiger partial charge in [-0.15, -0.1) is 0 Å². The van der Waals surface area contributed by atoms with E-state index in [0.717, 1.165) is 59.3 Å². The van der Waals surface area contributed by atoms with E-state index < -0.39 is 0 Å². The Balaban J connectivity index is 1.68. The number of hydrogen-bond acceptors (Lipinski definition) is 3. The number of benzene rings is 2. The fourth-order valence-corrected chi connectivity index (χ4v) is 3.85. The molecule has 2 aliphatic heterocycles. The van der Waals surface area contributed by atoms with Gasteiger partial charge in [0.15, 0.2) is 0 Å².